The summed E-state index contributed by atoms with van der Waals surface area (Å²) in [7, 11) is 0. The fraction of sp³-hybridized carbons (Fsp3) is 0.400. The molecule has 0 spiro atoms. The molecule has 0 aliphatic rings. The summed E-state index contributed by atoms with van der Waals surface area (Å²) in [4.78, 5) is -1.30. The highest BCUT2D eigenvalue weighted by atomic mass is 16.8. The lowest BCUT2D eigenvalue weighted by Crippen LogP contribution is -2.46. The van der Waals surface area contributed by atoms with Crippen molar-refractivity contribution in [3.8, 4) is 0 Å². The summed E-state index contributed by atoms with van der Waals surface area (Å²) in [5.41, 5.74) is 0. The van der Waals surface area contributed by atoms with Crippen molar-refractivity contribution in [3.63, 3.8) is 0 Å². The van der Waals surface area contributed by atoms with Gasteiger partial charge < -0.3 is 9.62 Å². The zero-order valence-corrected chi connectivity index (χ0v) is 8.22. The van der Waals surface area contributed by atoms with Crippen molar-refractivity contribution in [2.45, 2.75) is 19.4 Å². The van der Waals surface area contributed by atoms with Gasteiger partial charge in [-0.15, -0.1) is 0 Å². The number of hydroxylamine groups is 4. The van der Waals surface area contributed by atoms with E-state index < -0.39 is 10.9 Å². The maximum atomic E-state index is 11.5. The third-order valence-electron chi connectivity index (χ3n) is 2.24. The molecule has 1 aromatic heterocycles. The molecule has 0 saturated carbocycles. The summed E-state index contributed by atoms with van der Waals surface area (Å²) in [5, 5.41) is 21.0. The van der Waals surface area contributed by atoms with Gasteiger partial charge in [-0.05, 0) is 25.1 Å². The van der Waals surface area contributed by atoms with Crippen molar-refractivity contribution in [2.75, 3.05) is 6.54 Å². The van der Waals surface area contributed by atoms with Crippen LogP contribution in [0.5, 0.6) is 0 Å². The molecule has 2 atom stereocenters. The molecule has 2 unspecified atom stereocenters. The van der Waals surface area contributed by atoms with E-state index in [9.17, 15) is 10.4 Å². The standard InChI is InChI=1S/C10H15NO3/c1-3-9(2)11(12,13)7-6-10-5-4-8-14-10/h3-5,8-9,12H,1,6-7H2,2H3. The van der Waals surface area contributed by atoms with Gasteiger partial charge in [-0.25, -0.2) is 10.0 Å². The lowest BCUT2D eigenvalue weighted by molar-refractivity contribution is -1.08. The minimum atomic E-state index is -1.30. The Morgan fingerprint density at radius 2 is 2.50 bits per heavy atom. The first-order valence-corrected chi connectivity index (χ1v) is 4.52. The third-order valence-corrected chi connectivity index (χ3v) is 2.24. The largest absolute Gasteiger partial charge is 0.598 e. The molecular weight excluding hydrogens is 182 g/mol. The van der Waals surface area contributed by atoms with E-state index >= 15 is 0 Å². The molecule has 0 amide bonds. The predicted molar refractivity (Wildman–Crippen MR) is 52.4 cm³/mol. The van der Waals surface area contributed by atoms with Gasteiger partial charge in [0.25, 0.3) is 0 Å². The van der Waals surface area contributed by atoms with E-state index in [1.54, 1.807) is 25.3 Å². The molecule has 1 N–H and O–H groups in total. The maximum absolute atomic E-state index is 11.5. The summed E-state index contributed by atoms with van der Waals surface area (Å²) >= 11 is 0. The Kier molecular flexibility index (Phi) is 3.46. The molecule has 0 saturated heterocycles. The number of rotatable bonds is 5. The van der Waals surface area contributed by atoms with E-state index in [-0.39, 0.29) is 6.54 Å². The van der Waals surface area contributed by atoms with Gasteiger partial charge in [-0.1, -0.05) is 6.58 Å². The van der Waals surface area contributed by atoms with Crippen LogP contribution in [0.1, 0.15) is 12.7 Å². The van der Waals surface area contributed by atoms with Gasteiger partial charge in [-0.3, -0.25) is 0 Å². The topological polar surface area (TPSA) is 56.4 Å². The van der Waals surface area contributed by atoms with Gasteiger partial charge in [-0.2, -0.15) is 0 Å². The van der Waals surface area contributed by atoms with Crippen LogP contribution in [-0.2, 0) is 6.42 Å². The summed E-state index contributed by atoms with van der Waals surface area (Å²) < 4.78 is 5.06. The second-order valence-corrected chi connectivity index (χ2v) is 3.28. The normalized spacial score (nSPS) is 17.4. The Morgan fingerprint density at radius 1 is 1.79 bits per heavy atom. The minimum absolute atomic E-state index is 0.0701. The number of nitrogens with zero attached hydrogens (tertiary/aromatic N) is 1. The van der Waals surface area contributed by atoms with E-state index in [2.05, 4.69) is 6.58 Å². The Hall–Kier alpha value is -1.10. The fourth-order valence-corrected chi connectivity index (χ4v) is 1.09. The van der Waals surface area contributed by atoms with Crippen LogP contribution < -0.4 is 0 Å². The quantitative estimate of drug-likeness (QED) is 0.446. The zero-order valence-electron chi connectivity index (χ0n) is 8.22. The molecule has 1 heterocycles. The van der Waals surface area contributed by atoms with Crippen LogP contribution in [0.2, 0.25) is 0 Å². The molecule has 4 heteroatoms. The lowest BCUT2D eigenvalue weighted by atomic mass is 10.2. The molecule has 0 aromatic carbocycles. The second kappa shape index (κ2) is 4.41. The first-order chi connectivity index (χ1) is 6.56. The molecule has 1 rings (SSSR count). The molecular formula is C10H15NO3. The van der Waals surface area contributed by atoms with Crippen molar-refractivity contribution in [1.82, 2.24) is 0 Å². The highest BCUT2D eigenvalue weighted by molar-refractivity contribution is 4.98. The number of hydrogen-bond donors (Lipinski definition) is 1. The van der Waals surface area contributed by atoms with Gasteiger partial charge in [0.05, 0.1) is 12.7 Å². The van der Waals surface area contributed by atoms with E-state index in [4.69, 9.17) is 4.42 Å². The van der Waals surface area contributed by atoms with Gasteiger partial charge in [0, 0.05) is 0 Å². The van der Waals surface area contributed by atoms with Crippen molar-refractivity contribution >= 4 is 0 Å². The van der Waals surface area contributed by atoms with Gasteiger partial charge >= 0.3 is 0 Å². The summed E-state index contributed by atoms with van der Waals surface area (Å²) in [6.45, 7) is 5.17. The van der Waals surface area contributed by atoms with Crippen LogP contribution in [0.4, 0.5) is 0 Å². The summed E-state index contributed by atoms with van der Waals surface area (Å²) in [6, 6.07) is 3.01. The molecule has 0 fully saturated rings. The van der Waals surface area contributed by atoms with Crippen molar-refractivity contribution < 1.29 is 14.4 Å². The third kappa shape index (κ3) is 2.70. The summed E-state index contributed by atoms with van der Waals surface area (Å²) in [5.74, 6) is 0.702. The first-order valence-electron chi connectivity index (χ1n) is 4.52. The SMILES string of the molecule is C=CC(C)[N+]([O-])(O)CCc1ccco1. The molecule has 0 bridgehead atoms. The lowest BCUT2D eigenvalue weighted by Gasteiger charge is -2.37. The van der Waals surface area contributed by atoms with Crippen LogP contribution in [-0.4, -0.2) is 22.6 Å². The Bertz CT molecular complexity index is 280. The van der Waals surface area contributed by atoms with Gasteiger partial charge in [0.2, 0.25) is 0 Å². The Morgan fingerprint density at radius 3 is 3.00 bits per heavy atom. The fourth-order valence-electron chi connectivity index (χ4n) is 1.09. The van der Waals surface area contributed by atoms with Crippen LogP contribution in [0, 0.1) is 5.21 Å². The van der Waals surface area contributed by atoms with Crippen LogP contribution in [0.3, 0.4) is 0 Å². The van der Waals surface area contributed by atoms with Crippen LogP contribution in [0.25, 0.3) is 0 Å². The number of furan rings is 1. The highest BCUT2D eigenvalue weighted by Crippen LogP contribution is 2.11. The molecule has 1 aromatic rings. The van der Waals surface area contributed by atoms with E-state index in [0.717, 1.165) is 0 Å². The predicted octanol–water partition coefficient (Wildman–Crippen LogP) is 2.10. The second-order valence-electron chi connectivity index (χ2n) is 3.28. The van der Waals surface area contributed by atoms with Gasteiger partial charge in [0.15, 0.2) is 0 Å². The molecule has 0 aliphatic carbocycles. The Balaban J connectivity index is 2.47. The average Bonchev–Trinajstić information content (AvgIpc) is 2.66. The summed E-state index contributed by atoms with van der Waals surface area (Å²) in [6.07, 6.45) is 3.41. The van der Waals surface area contributed by atoms with Crippen LogP contribution >= 0.6 is 0 Å². The molecule has 0 aliphatic heterocycles. The number of quaternary nitrogens is 1. The molecule has 14 heavy (non-hydrogen) atoms. The zero-order chi connectivity index (χ0) is 10.6. The van der Waals surface area contributed by atoms with Crippen LogP contribution in [0.15, 0.2) is 35.5 Å². The monoisotopic (exact) mass is 197 g/mol. The highest BCUT2D eigenvalue weighted by Gasteiger charge is 2.20. The number of hydrogen-bond acceptors (Lipinski definition) is 3. The van der Waals surface area contributed by atoms with E-state index in [1.165, 1.54) is 6.08 Å². The van der Waals surface area contributed by atoms with E-state index in [1.807, 2.05) is 0 Å². The van der Waals surface area contributed by atoms with Crippen molar-refractivity contribution in [2.24, 2.45) is 0 Å². The smallest absolute Gasteiger partial charge is 0.134 e. The van der Waals surface area contributed by atoms with Gasteiger partial charge in [0.1, 0.15) is 18.3 Å². The molecule has 78 valence electrons. The average molecular weight is 197 g/mol. The van der Waals surface area contributed by atoms with Crippen molar-refractivity contribution in [3.05, 3.63) is 42.0 Å². The molecule has 0 radical (unpaired) electrons. The van der Waals surface area contributed by atoms with E-state index in [0.29, 0.717) is 12.2 Å². The van der Waals surface area contributed by atoms with Crippen molar-refractivity contribution in [1.29, 1.82) is 0 Å². The first kappa shape index (κ1) is 11.0. The Labute approximate surface area is 83.2 Å². The molecule has 4 nitrogen and oxygen atoms in total. The minimum Gasteiger partial charge on any atom is -0.598 e. The maximum Gasteiger partial charge on any atom is 0.134 e.